The van der Waals surface area contributed by atoms with Crippen molar-refractivity contribution in [2.24, 2.45) is 0 Å². The van der Waals surface area contributed by atoms with Crippen molar-refractivity contribution >= 4 is 5.69 Å². The van der Waals surface area contributed by atoms with Crippen LogP contribution in [-0.4, -0.2) is 36.1 Å². The third kappa shape index (κ3) is 2.56. The minimum Gasteiger partial charge on any atom is -0.366 e. The molecule has 1 fully saturated rings. The van der Waals surface area contributed by atoms with Crippen LogP contribution < -0.4 is 10.2 Å². The van der Waals surface area contributed by atoms with Gasteiger partial charge in [0, 0.05) is 31.7 Å². The summed E-state index contributed by atoms with van der Waals surface area (Å²) in [5.74, 6) is -0.235. The molecule has 0 amide bonds. The van der Waals surface area contributed by atoms with Gasteiger partial charge < -0.3 is 10.2 Å². The standard InChI is InChI=1S/C14H15FN4/c15-12-3-1-11(2-4-12)14-13(9-17-10-18-14)19-7-5-16-6-8-19/h1-4,9-10,16H,5-8H2. The molecule has 2 aromatic rings. The minimum absolute atomic E-state index is 0.235. The van der Waals surface area contributed by atoms with E-state index in [4.69, 9.17) is 0 Å². The summed E-state index contributed by atoms with van der Waals surface area (Å²) >= 11 is 0. The molecule has 0 atom stereocenters. The Hall–Kier alpha value is -2.01. The molecule has 4 nitrogen and oxygen atoms in total. The van der Waals surface area contributed by atoms with E-state index in [1.807, 2.05) is 6.20 Å². The van der Waals surface area contributed by atoms with Gasteiger partial charge in [0.05, 0.1) is 17.6 Å². The summed E-state index contributed by atoms with van der Waals surface area (Å²) < 4.78 is 13.0. The highest BCUT2D eigenvalue weighted by Crippen LogP contribution is 2.28. The van der Waals surface area contributed by atoms with Crippen LogP contribution in [0, 0.1) is 5.82 Å². The van der Waals surface area contributed by atoms with E-state index in [1.165, 1.54) is 18.5 Å². The average Bonchev–Trinajstić information content (AvgIpc) is 2.49. The molecule has 0 spiro atoms. The first-order valence-electron chi connectivity index (χ1n) is 6.36. The van der Waals surface area contributed by atoms with Gasteiger partial charge in [-0.1, -0.05) is 0 Å². The smallest absolute Gasteiger partial charge is 0.123 e. The molecule has 1 aliphatic rings. The fourth-order valence-corrected chi connectivity index (χ4v) is 2.29. The van der Waals surface area contributed by atoms with Gasteiger partial charge in [-0.2, -0.15) is 0 Å². The van der Waals surface area contributed by atoms with Gasteiger partial charge in [0.1, 0.15) is 12.1 Å². The van der Waals surface area contributed by atoms with Crippen molar-refractivity contribution in [3.05, 3.63) is 42.6 Å². The van der Waals surface area contributed by atoms with Crippen LogP contribution in [0.3, 0.4) is 0 Å². The number of benzene rings is 1. The lowest BCUT2D eigenvalue weighted by atomic mass is 10.1. The molecule has 1 N–H and O–H groups in total. The van der Waals surface area contributed by atoms with Gasteiger partial charge >= 0.3 is 0 Å². The molecule has 1 aromatic heterocycles. The lowest BCUT2D eigenvalue weighted by molar-refractivity contribution is 0.588. The van der Waals surface area contributed by atoms with Crippen molar-refractivity contribution in [1.82, 2.24) is 15.3 Å². The molecule has 1 aliphatic heterocycles. The molecule has 5 heteroatoms. The number of hydrogen-bond donors (Lipinski definition) is 1. The van der Waals surface area contributed by atoms with Crippen LogP contribution in [-0.2, 0) is 0 Å². The molecular weight excluding hydrogens is 243 g/mol. The van der Waals surface area contributed by atoms with Crippen molar-refractivity contribution in [2.75, 3.05) is 31.1 Å². The second kappa shape index (κ2) is 5.32. The summed E-state index contributed by atoms with van der Waals surface area (Å²) in [5, 5.41) is 3.32. The zero-order valence-electron chi connectivity index (χ0n) is 10.5. The van der Waals surface area contributed by atoms with Gasteiger partial charge in [-0.25, -0.2) is 14.4 Å². The summed E-state index contributed by atoms with van der Waals surface area (Å²) in [4.78, 5) is 10.7. The zero-order valence-corrected chi connectivity index (χ0v) is 10.5. The largest absolute Gasteiger partial charge is 0.366 e. The highest BCUT2D eigenvalue weighted by atomic mass is 19.1. The van der Waals surface area contributed by atoms with Crippen LogP contribution in [0.1, 0.15) is 0 Å². The molecule has 3 rings (SSSR count). The number of nitrogens with one attached hydrogen (secondary N) is 1. The average molecular weight is 258 g/mol. The van der Waals surface area contributed by atoms with Crippen molar-refractivity contribution in [1.29, 1.82) is 0 Å². The number of rotatable bonds is 2. The van der Waals surface area contributed by atoms with Crippen LogP contribution in [0.5, 0.6) is 0 Å². The Labute approximate surface area is 111 Å². The molecular formula is C14H15FN4. The first-order chi connectivity index (χ1) is 9.34. The Balaban J connectivity index is 1.98. The van der Waals surface area contributed by atoms with Gasteiger partial charge in [0.25, 0.3) is 0 Å². The first-order valence-corrected chi connectivity index (χ1v) is 6.36. The second-order valence-electron chi connectivity index (χ2n) is 4.50. The maximum atomic E-state index is 13.0. The number of hydrogen-bond acceptors (Lipinski definition) is 4. The van der Waals surface area contributed by atoms with E-state index in [2.05, 4.69) is 20.2 Å². The Morgan fingerprint density at radius 3 is 2.58 bits per heavy atom. The normalized spacial score (nSPS) is 15.5. The van der Waals surface area contributed by atoms with Gasteiger partial charge in [-0.05, 0) is 24.3 Å². The molecule has 1 saturated heterocycles. The van der Waals surface area contributed by atoms with E-state index in [-0.39, 0.29) is 5.82 Å². The van der Waals surface area contributed by atoms with Gasteiger partial charge in [-0.3, -0.25) is 0 Å². The third-order valence-electron chi connectivity index (χ3n) is 3.27. The third-order valence-corrected chi connectivity index (χ3v) is 3.27. The fraction of sp³-hybridized carbons (Fsp3) is 0.286. The van der Waals surface area contributed by atoms with E-state index < -0.39 is 0 Å². The van der Waals surface area contributed by atoms with E-state index in [9.17, 15) is 4.39 Å². The van der Waals surface area contributed by atoms with Gasteiger partial charge in [0.2, 0.25) is 0 Å². The highest BCUT2D eigenvalue weighted by molar-refractivity contribution is 5.74. The summed E-state index contributed by atoms with van der Waals surface area (Å²) in [6.07, 6.45) is 3.36. The number of anilines is 1. The predicted octanol–water partition coefficient (Wildman–Crippen LogP) is 1.69. The zero-order chi connectivity index (χ0) is 13.1. The molecule has 0 aliphatic carbocycles. The Kier molecular flexibility index (Phi) is 3.37. The number of aromatic nitrogens is 2. The lowest BCUT2D eigenvalue weighted by Crippen LogP contribution is -2.43. The highest BCUT2D eigenvalue weighted by Gasteiger charge is 2.16. The molecule has 98 valence electrons. The molecule has 2 heterocycles. The Morgan fingerprint density at radius 1 is 1.11 bits per heavy atom. The molecule has 19 heavy (non-hydrogen) atoms. The second-order valence-corrected chi connectivity index (χ2v) is 4.50. The fourth-order valence-electron chi connectivity index (χ4n) is 2.29. The maximum absolute atomic E-state index is 13.0. The van der Waals surface area contributed by atoms with Gasteiger partial charge in [-0.15, -0.1) is 0 Å². The Bertz CT molecular complexity index is 550. The molecule has 0 unspecified atom stereocenters. The number of nitrogens with zero attached hydrogens (tertiary/aromatic N) is 3. The summed E-state index contributed by atoms with van der Waals surface area (Å²) in [5.41, 5.74) is 2.78. The summed E-state index contributed by atoms with van der Waals surface area (Å²) in [6, 6.07) is 6.42. The van der Waals surface area contributed by atoms with Crippen LogP contribution in [0.15, 0.2) is 36.8 Å². The lowest BCUT2D eigenvalue weighted by Gasteiger charge is -2.30. The number of piperazine rings is 1. The van der Waals surface area contributed by atoms with Crippen LogP contribution in [0.25, 0.3) is 11.3 Å². The predicted molar refractivity (Wildman–Crippen MR) is 72.5 cm³/mol. The van der Waals surface area contributed by atoms with Crippen molar-refractivity contribution in [2.45, 2.75) is 0 Å². The van der Waals surface area contributed by atoms with Crippen molar-refractivity contribution in [3.63, 3.8) is 0 Å². The molecule has 0 bridgehead atoms. The SMILES string of the molecule is Fc1ccc(-c2ncncc2N2CCNCC2)cc1. The summed E-state index contributed by atoms with van der Waals surface area (Å²) in [6.45, 7) is 3.78. The topological polar surface area (TPSA) is 41.1 Å². The van der Waals surface area contributed by atoms with E-state index in [1.54, 1.807) is 12.1 Å². The summed E-state index contributed by atoms with van der Waals surface area (Å²) in [7, 11) is 0. The quantitative estimate of drug-likeness (QED) is 0.890. The minimum atomic E-state index is -0.235. The first kappa shape index (κ1) is 12.0. The molecule has 1 aromatic carbocycles. The van der Waals surface area contributed by atoms with Gasteiger partial charge in [0.15, 0.2) is 0 Å². The van der Waals surface area contributed by atoms with Crippen LogP contribution in [0.2, 0.25) is 0 Å². The maximum Gasteiger partial charge on any atom is 0.123 e. The van der Waals surface area contributed by atoms with Crippen molar-refractivity contribution < 1.29 is 4.39 Å². The Morgan fingerprint density at radius 2 is 1.84 bits per heavy atom. The van der Waals surface area contributed by atoms with E-state index in [0.29, 0.717) is 0 Å². The molecule has 0 radical (unpaired) electrons. The van der Waals surface area contributed by atoms with Crippen LogP contribution in [0.4, 0.5) is 10.1 Å². The monoisotopic (exact) mass is 258 g/mol. The van der Waals surface area contributed by atoms with Crippen molar-refractivity contribution in [3.8, 4) is 11.3 Å². The number of halogens is 1. The molecule has 0 saturated carbocycles. The van der Waals surface area contributed by atoms with Crippen LogP contribution >= 0.6 is 0 Å². The van der Waals surface area contributed by atoms with E-state index in [0.717, 1.165) is 43.1 Å². The van der Waals surface area contributed by atoms with E-state index >= 15 is 0 Å².